The molecule has 94 valence electrons. The summed E-state index contributed by atoms with van der Waals surface area (Å²) in [5.74, 6) is 0.776. The maximum absolute atomic E-state index is 10.5. The number of aryl methyl sites for hydroxylation is 1. The molecule has 0 fully saturated rings. The third kappa shape index (κ3) is 4.47. The van der Waals surface area contributed by atoms with E-state index in [2.05, 4.69) is 0 Å². The number of aromatic hydroxyl groups is 1. The molecule has 1 unspecified atom stereocenters. The van der Waals surface area contributed by atoms with E-state index in [9.17, 15) is 9.90 Å². The quantitative estimate of drug-likeness (QED) is 0.740. The average Bonchev–Trinajstić information content (AvgIpc) is 2.35. The van der Waals surface area contributed by atoms with Crippen molar-refractivity contribution in [2.75, 3.05) is 6.61 Å². The summed E-state index contributed by atoms with van der Waals surface area (Å²) < 4.78 is 5.44. The fraction of sp³-hybridized carbons (Fsp3) is 0.500. The first-order chi connectivity index (χ1) is 8.17. The number of hydrogen-bond donors (Lipinski definition) is 1. The Bertz CT molecular complexity index is 360. The number of hydrogen-bond acceptors (Lipinski definition) is 3. The highest BCUT2D eigenvalue weighted by molar-refractivity contribution is 5.52. The number of aldehydes is 1. The number of rotatable bonds is 7. The van der Waals surface area contributed by atoms with Gasteiger partial charge in [-0.05, 0) is 37.0 Å². The average molecular weight is 236 g/mol. The van der Waals surface area contributed by atoms with Crippen LogP contribution in [-0.4, -0.2) is 18.0 Å². The summed E-state index contributed by atoms with van der Waals surface area (Å²) in [5.41, 5.74) is 1.09. The standard InChI is InChI=1S/C14H20O3/c1-3-8-17-14-9-12(6-7-13(14)16)5-4-11(2)10-15/h6-7,9-11,16H,3-5,8H2,1-2H3. The number of phenols is 1. The minimum absolute atomic E-state index is 0.0730. The van der Waals surface area contributed by atoms with Gasteiger partial charge in [0.2, 0.25) is 0 Å². The van der Waals surface area contributed by atoms with E-state index in [0.29, 0.717) is 12.4 Å². The Labute approximate surface area is 102 Å². The number of phenolic OH excluding ortho intramolecular Hbond substituents is 1. The molecule has 0 saturated carbocycles. The van der Waals surface area contributed by atoms with Gasteiger partial charge in [-0.2, -0.15) is 0 Å². The summed E-state index contributed by atoms with van der Waals surface area (Å²) in [6, 6.07) is 5.36. The summed E-state index contributed by atoms with van der Waals surface area (Å²) in [6.45, 7) is 4.52. The molecule has 0 radical (unpaired) electrons. The van der Waals surface area contributed by atoms with Gasteiger partial charge in [0.15, 0.2) is 11.5 Å². The minimum atomic E-state index is 0.0730. The molecule has 0 aromatic heterocycles. The van der Waals surface area contributed by atoms with Crippen LogP contribution in [-0.2, 0) is 11.2 Å². The molecule has 17 heavy (non-hydrogen) atoms. The maximum atomic E-state index is 10.5. The number of carbonyl (C=O) groups is 1. The van der Waals surface area contributed by atoms with Crippen LogP contribution in [0.4, 0.5) is 0 Å². The molecular weight excluding hydrogens is 216 g/mol. The van der Waals surface area contributed by atoms with Crippen molar-refractivity contribution < 1.29 is 14.6 Å². The second-order valence-corrected chi connectivity index (χ2v) is 4.30. The molecule has 1 N–H and O–H groups in total. The third-order valence-electron chi connectivity index (χ3n) is 2.61. The molecule has 1 aromatic rings. The molecule has 0 bridgehead atoms. The molecule has 0 heterocycles. The van der Waals surface area contributed by atoms with Crippen molar-refractivity contribution in [1.29, 1.82) is 0 Å². The molecule has 1 aromatic carbocycles. The van der Waals surface area contributed by atoms with Crippen molar-refractivity contribution in [1.82, 2.24) is 0 Å². The Morgan fingerprint density at radius 3 is 2.88 bits per heavy atom. The first-order valence-corrected chi connectivity index (χ1v) is 6.07. The van der Waals surface area contributed by atoms with Crippen LogP contribution in [0.25, 0.3) is 0 Å². The zero-order chi connectivity index (χ0) is 12.7. The van der Waals surface area contributed by atoms with Crippen LogP contribution in [0, 0.1) is 5.92 Å². The van der Waals surface area contributed by atoms with Crippen LogP contribution >= 0.6 is 0 Å². The van der Waals surface area contributed by atoms with Gasteiger partial charge in [-0.25, -0.2) is 0 Å². The Kier molecular flexibility index (Phi) is 5.53. The molecule has 0 saturated heterocycles. The zero-order valence-electron chi connectivity index (χ0n) is 10.5. The molecule has 3 nitrogen and oxygen atoms in total. The fourth-order valence-corrected chi connectivity index (χ4v) is 1.50. The van der Waals surface area contributed by atoms with Crippen LogP contribution in [0.1, 0.15) is 32.3 Å². The predicted octanol–water partition coefficient (Wildman–Crippen LogP) is 2.95. The van der Waals surface area contributed by atoms with E-state index >= 15 is 0 Å². The minimum Gasteiger partial charge on any atom is -0.504 e. The Morgan fingerprint density at radius 2 is 2.24 bits per heavy atom. The SMILES string of the molecule is CCCOc1cc(CCC(C)C=O)ccc1O. The largest absolute Gasteiger partial charge is 0.504 e. The van der Waals surface area contributed by atoms with Crippen molar-refractivity contribution in [3.05, 3.63) is 23.8 Å². The second-order valence-electron chi connectivity index (χ2n) is 4.30. The fourth-order valence-electron chi connectivity index (χ4n) is 1.50. The smallest absolute Gasteiger partial charge is 0.161 e. The van der Waals surface area contributed by atoms with Crippen molar-refractivity contribution in [3.63, 3.8) is 0 Å². The molecule has 0 aliphatic heterocycles. The summed E-state index contributed by atoms with van der Waals surface area (Å²) in [5, 5.41) is 9.60. The molecule has 3 heteroatoms. The summed E-state index contributed by atoms with van der Waals surface area (Å²) >= 11 is 0. The lowest BCUT2D eigenvalue weighted by Gasteiger charge is -2.09. The predicted molar refractivity (Wildman–Crippen MR) is 67.4 cm³/mol. The molecule has 1 atom stereocenters. The van der Waals surface area contributed by atoms with Gasteiger partial charge in [-0.15, -0.1) is 0 Å². The van der Waals surface area contributed by atoms with Crippen LogP contribution in [0.15, 0.2) is 18.2 Å². The topological polar surface area (TPSA) is 46.5 Å². The van der Waals surface area contributed by atoms with E-state index in [-0.39, 0.29) is 11.7 Å². The van der Waals surface area contributed by atoms with Crippen LogP contribution in [0.2, 0.25) is 0 Å². The number of benzene rings is 1. The van der Waals surface area contributed by atoms with E-state index < -0.39 is 0 Å². The lowest BCUT2D eigenvalue weighted by molar-refractivity contribution is -0.110. The van der Waals surface area contributed by atoms with Gasteiger partial charge in [0.05, 0.1) is 6.61 Å². The normalized spacial score (nSPS) is 12.1. The zero-order valence-corrected chi connectivity index (χ0v) is 10.5. The van der Waals surface area contributed by atoms with E-state index in [4.69, 9.17) is 4.74 Å². The summed E-state index contributed by atoms with van der Waals surface area (Å²) in [7, 11) is 0. The van der Waals surface area contributed by atoms with Crippen molar-refractivity contribution in [2.45, 2.75) is 33.1 Å². The highest BCUT2D eigenvalue weighted by Crippen LogP contribution is 2.27. The van der Waals surface area contributed by atoms with Gasteiger partial charge in [0, 0.05) is 5.92 Å². The van der Waals surface area contributed by atoms with Gasteiger partial charge in [0.1, 0.15) is 6.29 Å². The number of carbonyl (C=O) groups excluding carboxylic acids is 1. The second kappa shape index (κ2) is 6.94. The van der Waals surface area contributed by atoms with Gasteiger partial charge < -0.3 is 14.6 Å². The lowest BCUT2D eigenvalue weighted by Crippen LogP contribution is -1.99. The van der Waals surface area contributed by atoms with Crippen molar-refractivity contribution >= 4 is 6.29 Å². The van der Waals surface area contributed by atoms with Crippen LogP contribution in [0.3, 0.4) is 0 Å². The lowest BCUT2D eigenvalue weighted by atomic mass is 10.0. The van der Waals surface area contributed by atoms with Gasteiger partial charge in [-0.3, -0.25) is 0 Å². The van der Waals surface area contributed by atoms with Crippen LogP contribution < -0.4 is 4.74 Å². The van der Waals surface area contributed by atoms with Gasteiger partial charge in [0.25, 0.3) is 0 Å². The first-order valence-electron chi connectivity index (χ1n) is 6.07. The monoisotopic (exact) mass is 236 g/mol. The Hall–Kier alpha value is -1.51. The van der Waals surface area contributed by atoms with E-state index in [1.807, 2.05) is 26.0 Å². The Balaban J connectivity index is 2.64. The van der Waals surface area contributed by atoms with Crippen molar-refractivity contribution in [2.24, 2.45) is 5.92 Å². The molecule has 0 spiro atoms. The first kappa shape index (κ1) is 13.6. The highest BCUT2D eigenvalue weighted by atomic mass is 16.5. The van der Waals surface area contributed by atoms with Gasteiger partial charge in [-0.1, -0.05) is 19.9 Å². The van der Waals surface area contributed by atoms with Crippen LogP contribution in [0.5, 0.6) is 11.5 Å². The molecule has 0 aliphatic carbocycles. The van der Waals surface area contributed by atoms with E-state index in [1.54, 1.807) is 6.07 Å². The summed E-state index contributed by atoms with van der Waals surface area (Å²) in [4.78, 5) is 10.5. The van der Waals surface area contributed by atoms with E-state index in [1.165, 1.54) is 0 Å². The molecule has 0 aliphatic rings. The maximum Gasteiger partial charge on any atom is 0.161 e. The van der Waals surface area contributed by atoms with E-state index in [0.717, 1.165) is 31.1 Å². The third-order valence-corrected chi connectivity index (χ3v) is 2.61. The summed E-state index contributed by atoms with van der Waals surface area (Å²) in [6.07, 6.45) is 3.52. The highest BCUT2D eigenvalue weighted by Gasteiger charge is 2.05. The molecular formula is C14H20O3. The number of ether oxygens (including phenoxy) is 1. The molecule has 0 amide bonds. The Morgan fingerprint density at radius 1 is 1.47 bits per heavy atom. The van der Waals surface area contributed by atoms with Crippen molar-refractivity contribution in [3.8, 4) is 11.5 Å². The van der Waals surface area contributed by atoms with Gasteiger partial charge >= 0.3 is 0 Å². The molecule has 1 rings (SSSR count).